The van der Waals surface area contributed by atoms with E-state index in [2.05, 4.69) is 9.71 Å². The second kappa shape index (κ2) is 11.8. The number of sulfonamides is 2. The molecule has 2 heterocycles. The van der Waals surface area contributed by atoms with E-state index in [1.54, 1.807) is 12.1 Å². The van der Waals surface area contributed by atoms with Crippen molar-refractivity contribution < 1.29 is 39.5 Å². The fraction of sp³-hybridized carbons (Fsp3) is 0.308. The van der Waals surface area contributed by atoms with Crippen LogP contribution >= 0.6 is 23.4 Å². The number of benzene rings is 2. The molecule has 5 rings (SSSR count). The Morgan fingerprint density at radius 1 is 1.00 bits per heavy atom. The minimum atomic E-state index is -4.70. The van der Waals surface area contributed by atoms with E-state index < -0.39 is 41.7 Å². The summed E-state index contributed by atoms with van der Waals surface area (Å²) in [5.74, 6) is -0.752. The molecule has 1 saturated heterocycles. The van der Waals surface area contributed by atoms with Crippen LogP contribution in [0.1, 0.15) is 28.9 Å². The monoisotopic (exact) mass is 661 g/mol. The van der Waals surface area contributed by atoms with Gasteiger partial charge in [-0.15, -0.1) is 0 Å². The number of pyridine rings is 1. The van der Waals surface area contributed by atoms with Gasteiger partial charge in [-0.05, 0) is 67.4 Å². The van der Waals surface area contributed by atoms with Gasteiger partial charge in [0.05, 0.1) is 28.7 Å². The molecule has 0 radical (unpaired) electrons. The van der Waals surface area contributed by atoms with Crippen molar-refractivity contribution in [3.63, 3.8) is 0 Å². The van der Waals surface area contributed by atoms with Crippen molar-refractivity contribution in [3.05, 3.63) is 70.9 Å². The van der Waals surface area contributed by atoms with E-state index in [-0.39, 0.29) is 41.2 Å². The van der Waals surface area contributed by atoms with Crippen molar-refractivity contribution in [2.24, 2.45) is 5.92 Å². The Morgan fingerprint density at radius 2 is 1.67 bits per heavy atom. The molecule has 0 amide bonds. The number of carbonyl (C=O) groups excluding carboxylic acids is 1. The number of morpholine rings is 1. The maximum Gasteiger partial charge on any atom is 0.416 e. The number of nitrogens with zero attached hydrogens (tertiary/aromatic N) is 2. The highest BCUT2D eigenvalue weighted by atomic mass is 35.5. The molecule has 42 heavy (non-hydrogen) atoms. The van der Waals surface area contributed by atoms with E-state index in [4.69, 9.17) is 16.3 Å². The van der Waals surface area contributed by atoms with Gasteiger partial charge in [0, 0.05) is 28.8 Å². The van der Waals surface area contributed by atoms with E-state index in [0.29, 0.717) is 48.0 Å². The van der Waals surface area contributed by atoms with Gasteiger partial charge < -0.3 is 4.74 Å². The molecule has 1 aliphatic carbocycles. The lowest BCUT2D eigenvalue weighted by Gasteiger charge is -2.26. The smallest absolute Gasteiger partial charge is 0.379 e. The molecule has 1 saturated carbocycles. The van der Waals surface area contributed by atoms with Crippen LogP contribution in [-0.2, 0) is 31.0 Å². The lowest BCUT2D eigenvalue weighted by molar-refractivity contribution is -0.137. The van der Waals surface area contributed by atoms with Gasteiger partial charge in [0.2, 0.25) is 10.0 Å². The van der Waals surface area contributed by atoms with Crippen molar-refractivity contribution in [1.29, 1.82) is 0 Å². The number of ether oxygens (including phenoxy) is 1. The molecule has 1 aliphatic heterocycles. The highest BCUT2D eigenvalue weighted by Crippen LogP contribution is 2.38. The van der Waals surface area contributed by atoms with Crippen LogP contribution in [0.15, 0.2) is 74.2 Å². The number of anilines is 1. The van der Waals surface area contributed by atoms with Crippen LogP contribution in [0.3, 0.4) is 0 Å². The van der Waals surface area contributed by atoms with Gasteiger partial charge in [0.25, 0.3) is 10.0 Å². The molecule has 224 valence electrons. The van der Waals surface area contributed by atoms with Gasteiger partial charge >= 0.3 is 6.18 Å². The van der Waals surface area contributed by atoms with Crippen LogP contribution in [0, 0.1) is 5.92 Å². The van der Waals surface area contributed by atoms with Crippen LogP contribution in [0.5, 0.6) is 0 Å². The fourth-order valence-corrected chi connectivity index (χ4v) is 7.99. The van der Waals surface area contributed by atoms with E-state index in [1.165, 1.54) is 28.6 Å². The SMILES string of the molecule is O=C(c1nc(NS(=O)(=O)c2ccc(C(F)(F)F)cc2Cl)ccc1Sc1ccc(S(=O)(=O)N2CCOCC2)cc1)C1CC1. The summed E-state index contributed by atoms with van der Waals surface area (Å²) in [5.41, 5.74) is -1.08. The predicted octanol–water partition coefficient (Wildman–Crippen LogP) is 5.32. The number of aromatic nitrogens is 1. The average Bonchev–Trinajstić information content (AvgIpc) is 3.79. The van der Waals surface area contributed by atoms with Gasteiger partial charge in [0.1, 0.15) is 16.4 Å². The second-order valence-electron chi connectivity index (χ2n) is 9.52. The number of halogens is 4. The first-order valence-electron chi connectivity index (χ1n) is 12.6. The quantitative estimate of drug-likeness (QED) is 0.306. The largest absolute Gasteiger partial charge is 0.416 e. The molecule has 2 fully saturated rings. The van der Waals surface area contributed by atoms with Crippen LogP contribution in [0.4, 0.5) is 19.0 Å². The molecule has 3 aromatic rings. The van der Waals surface area contributed by atoms with Crippen LogP contribution in [-0.4, -0.2) is 58.2 Å². The molecule has 0 spiro atoms. The zero-order valence-corrected chi connectivity index (χ0v) is 24.8. The molecule has 16 heteroatoms. The Kier molecular flexibility index (Phi) is 8.62. The number of rotatable bonds is 9. The molecule has 0 bridgehead atoms. The summed E-state index contributed by atoms with van der Waals surface area (Å²) < 4.78 is 99.4. The van der Waals surface area contributed by atoms with Gasteiger partial charge in [-0.3, -0.25) is 9.52 Å². The van der Waals surface area contributed by atoms with Gasteiger partial charge in [0.15, 0.2) is 5.78 Å². The molecule has 9 nitrogen and oxygen atoms in total. The number of alkyl halides is 3. The average molecular weight is 662 g/mol. The van der Waals surface area contributed by atoms with Crippen molar-refractivity contribution in [2.45, 2.75) is 38.6 Å². The zero-order valence-electron chi connectivity index (χ0n) is 21.6. The Labute approximate surface area is 249 Å². The number of Topliss-reactive ketones (excluding diaryl/α,β-unsaturated/α-hetero) is 1. The summed E-state index contributed by atoms with van der Waals surface area (Å²) in [6.07, 6.45) is -3.38. The predicted molar refractivity (Wildman–Crippen MR) is 149 cm³/mol. The molecule has 2 aliphatic rings. The molecular formula is C26H23ClF3N3O6S3. The first-order valence-corrected chi connectivity index (χ1v) is 16.7. The Balaban J connectivity index is 1.39. The highest BCUT2D eigenvalue weighted by Gasteiger charge is 2.34. The van der Waals surface area contributed by atoms with Crippen molar-refractivity contribution >= 4 is 55.0 Å². The maximum absolute atomic E-state index is 13.1. The number of nitrogens with one attached hydrogen (secondary N) is 1. The van der Waals surface area contributed by atoms with E-state index in [9.17, 15) is 34.8 Å². The lowest BCUT2D eigenvalue weighted by atomic mass is 10.2. The first kappa shape index (κ1) is 30.8. The third-order valence-electron chi connectivity index (χ3n) is 6.49. The minimum absolute atomic E-state index is 0.0197. The summed E-state index contributed by atoms with van der Waals surface area (Å²) >= 11 is 7.03. The van der Waals surface area contributed by atoms with Crippen LogP contribution in [0.2, 0.25) is 5.02 Å². The van der Waals surface area contributed by atoms with E-state index >= 15 is 0 Å². The topological polar surface area (TPSA) is 123 Å². The number of hydrogen-bond acceptors (Lipinski definition) is 8. The van der Waals surface area contributed by atoms with Gasteiger partial charge in [-0.1, -0.05) is 23.4 Å². The summed E-state index contributed by atoms with van der Waals surface area (Å²) in [4.78, 5) is 17.9. The molecule has 1 N–H and O–H groups in total. The first-order chi connectivity index (χ1) is 19.8. The summed E-state index contributed by atoms with van der Waals surface area (Å²) in [6, 6.07) is 10.8. The standard InChI is InChI=1S/C26H23ClF3N3O6S3/c27-20-15-17(26(28,29)30)3-9-22(20)41(35,36)32-23-10-8-21(24(31-23)25(34)16-1-2-16)40-18-4-6-19(7-5-18)42(37,38)33-11-13-39-14-12-33/h3-10,15-16H,1-2,11-14H2,(H,31,32). The maximum atomic E-state index is 13.1. The van der Waals surface area contributed by atoms with E-state index in [0.717, 1.165) is 17.8 Å². The lowest BCUT2D eigenvalue weighted by Crippen LogP contribution is -2.40. The number of carbonyl (C=O) groups is 1. The zero-order chi connectivity index (χ0) is 30.3. The molecule has 0 unspecified atom stereocenters. The molecule has 2 aromatic carbocycles. The molecular weight excluding hydrogens is 639 g/mol. The molecule has 1 aromatic heterocycles. The third-order valence-corrected chi connectivity index (χ3v) is 11.3. The van der Waals surface area contributed by atoms with Crippen molar-refractivity contribution in [1.82, 2.24) is 9.29 Å². The number of ketones is 1. The Hall–Kier alpha value is -2.69. The third kappa shape index (κ3) is 6.76. The van der Waals surface area contributed by atoms with E-state index in [1.807, 2.05) is 0 Å². The number of hydrogen-bond donors (Lipinski definition) is 1. The van der Waals surface area contributed by atoms with Crippen molar-refractivity contribution in [2.75, 3.05) is 31.0 Å². The Morgan fingerprint density at radius 3 is 2.26 bits per heavy atom. The normalized spacial score (nSPS) is 16.8. The second-order valence-corrected chi connectivity index (χ2v) is 14.6. The van der Waals surface area contributed by atoms with Crippen LogP contribution in [0.25, 0.3) is 0 Å². The van der Waals surface area contributed by atoms with Crippen LogP contribution < -0.4 is 4.72 Å². The minimum Gasteiger partial charge on any atom is -0.379 e. The molecule has 0 atom stereocenters. The summed E-state index contributed by atoms with van der Waals surface area (Å²) in [7, 11) is -8.14. The summed E-state index contributed by atoms with van der Waals surface area (Å²) in [6.45, 7) is 1.17. The highest BCUT2D eigenvalue weighted by molar-refractivity contribution is 7.99. The van der Waals surface area contributed by atoms with Gasteiger partial charge in [-0.25, -0.2) is 21.8 Å². The van der Waals surface area contributed by atoms with Gasteiger partial charge in [-0.2, -0.15) is 17.5 Å². The fourth-order valence-electron chi connectivity index (χ4n) is 4.13. The summed E-state index contributed by atoms with van der Waals surface area (Å²) in [5, 5.41) is -0.627. The Bertz CT molecular complexity index is 1730. The van der Waals surface area contributed by atoms with Crippen molar-refractivity contribution in [3.8, 4) is 0 Å².